The van der Waals surface area contributed by atoms with Gasteiger partial charge in [-0.1, -0.05) is 19.3 Å². The number of carbonyl (C=O) groups excluding carboxylic acids is 1. The number of hydrogen-bond acceptors (Lipinski definition) is 5. The Morgan fingerprint density at radius 2 is 2.09 bits per heavy atom. The number of aromatic amines is 1. The molecule has 23 heavy (non-hydrogen) atoms. The molecule has 1 aromatic heterocycles. The molecule has 1 fully saturated rings. The van der Waals surface area contributed by atoms with Crippen LogP contribution in [0.25, 0.3) is 0 Å². The van der Waals surface area contributed by atoms with Gasteiger partial charge in [-0.2, -0.15) is 0 Å². The van der Waals surface area contributed by atoms with E-state index in [1.165, 1.54) is 13.3 Å². The van der Waals surface area contributed by atoms with Crippen LogP contribution >= 0.6 is 0 Å². The maximum absolute atomic E-state index is 12.3. The van der Waals surface area contributed by atoms with Crippen LogP contribution in [-0.4, -0.2) is 33.7 Å². The van der Waals surface area contributed by atoms with Gasteiger partial charge in [0.25, 0.3) is 5.56 Å². The van der Waals surface area contributed by atoms with Crippen molar-refractivity contribution in [3.63, 3.8) is 0 Å². The summed E-state index contributed by atoms with van der Waals surface area (Å²) in [5.41, 5.74) is -2.17. The molecular formula is C16H25N3O4. The van der Waals surface area contributed by atoms with Gasteiger partial charge in [-0.05, 0) is 26.7 Å². The number of carbonyl (C=O) groups is 1. The van der Waals surface area contributed by atoms with Crippen molar-refractivity contribution in [2.24, 2.45) is 0 Å². The lowest BCUT2D eigenvalue weighted by molar-refractivity contribution is -0.129. The van der Waals surface area contributed by atoms with Crippen molar-refractivity contribution in [3.8, 4) is 5.75 Å². The van der Waals surface area contributed by atoms with E-state index in [0.717, 1.165) is 19.3 Å². The lowest BCUT2D eigenvalue weighted by Crippen LogP contribution is -2.46. The van der Waals surface area contributed by atoms with E-state index in [4.69, 9.17) is 4.74 Å². The predicted octanol–water partition coefficient (Wildman–Crippen LogP) is 1.22. The standard InChI is InChI=1S/C16H25N3O4/c1-15(2,14-17-10-11(23-3)13(21)18-14)19-12(20)9-16(22)7-5-4-6-8-16/h10,22H,4-9H2,1-3H3,(H,19,20)(H,17,18,21). The smallest absolute Gasteiger partial charge is 0.293 e. The lowest BCUT2D eigenvalue weighted by Gasteiger charge is -2.33. The number of methoxy groups -OCH3 is 1. The molecule has 3 N–H and O–H groups in total. The van der Waals surface area contributed by atoms with Crippen LogP contribution in [0.15, 0.2) is 11.0 Å². The number of nitrogens with zero attached hydrogens (tertiary/aromatic N) is 1. The maximum Gasteiger partial charge on any atom is 0.293 e. The van der Waals surface area contributed by atoms with Crippen LogP contribution in [0, 0.1) is 0 Å². The average molecular weight is 323 g/mol. The summed E-state index contributed by atoms with van der Waals surface area (Å²) in [6.45, 7) is 3.50. The zero-order valence-corrected chi connectivity index (χ0v) is 13.9. The van der Waals surface area contributed by atoms with Gasteiger partial charge in [-0.25, -0.2) is 4.98 Å². The Balaban J connectivity index is 2.06. The highest BCUT2D eigenvalue weighted by Gasteiger charge is 2.34. The van der Waals surface area contributed by atoms with Gasteiger partial charge in [0.2, 0.25) is 11.7 Å². The molecule has 1 saturated carbocycles. The monoisotopic (exact) mass is 323 g/mol. The number of rotatable bonds is 5. The second-order valence-corrected chi connectivity index (χ2v) is 6.76. The molecule has 0 bridgehead atoms. The van der Waals surface area contributed by atoms with E-state index in [1.54, 1.807) is 13.8 Å². The first-order chi connectivity index (χ1) is 10.8. The van der Waals surface area contributed by atoms with Gasteiger partial charge in [0, 0.05) is 0 Å². The SMILES string of the molecule is COc1cnc(C(C)(C)NC(=O)CC2(O)CCCCC2)[nH]c1=O. The van der Waals surface area contributed by atoms with E-state index in [2.05, 4.69) is 15.3 Å². The summed E-state index contributed by atoms with van der Waals surface area (Å²) in [4.78, 5) is 30.9. The summed E-state index contributed by atoms with van der Waals surface area (Å²) in [5, 5.41) is 13.3. The first kappa shape index (κ1) is 17.5. The van der Waals surface area contributed by atoms with Crippen LogP contribution in [0.3, 0.4) is 0 Å². The van der Waals surface area contributed by atoms with Crippen LogP contribution in [-0.2, 0) is 10.3 Å². The van der Waals surface area contributed by atoms with Crippen molar-refractivity contribution in [1.29, 1.82) is 0 Å². The third-order valence-electron chi connectivity index (χ3n) is 4.30. The summed E-state index contributed by atoms with van der Waals surface area (Å²) >= 11 is 0. The molecule has 0 saturated heterocycles. The predicted molar refractivity (Wildman–Crippen MR) is 85.2 cm³/mol. The van der Waals surface area contributed by atoms with E-state index in [0.29, 0.717) is 18.7 Å². The second-order valence-electron chi connectivity index (χ2n) is 6.76. The number of hydrogen-bond donors (Lipinski definition) is 3. The van der Waals surface area contributed by atoms with Gasteiger partial charge in [0.1, 0.15) is 5.82 Å². The highest BCUT2D eigenvalue weighted by atomic mass is 16.5. The van der Waals surface area contributed by atoms with Crippen molar-refractivity contribution in [3.05, 3.63) is 22.4 Å². The van der Waals surface area contributed by atoms with Crippen LogP contribution < -0.4 is 15.6 Å². The summed E-state index contributed by atoms with van der Waals surface area (Å²) in [6.07, 6.45) is 5.69. The van der Waals surface area contributed by atoms with Crippen LogP contribution in [0.2, 0.25) is 0 Å². The minimum atomic E-state index is -0.918. The highest BCUT2D eigenvalue weighted by Crippen LogP contribution is 2.31. The Kier molecular flexibility index (Phi) is 5.09. The lowest BCUT2D eigenvalue weighted by atomic mass is 9.82. The van der Waals surface area contributed by atoms with Gasteiger partial charge in [-0.15, -0.1) is 0 Å². The highest BCUT2D eigenvalue weighted by molar-refractivity contribution is 5.77. The summed E-state index contributed by atoms with van der Waals surface area (Å²) in [6, 6.07) is 0. The number of aromatic nitrogens is 2. The summed E-state index contributed by atoms with van der Waals surface area (Å²) < 4.78 is 4.88. The molecule has 2 rings (SSSR count). The van der Waals surface area contributed by atoms with E-state index in [1.807, 2.05) is 0 Å². The fraction of sp³-hybridized carbons (Fsp3) is 0.688. The van der Waals surface area contributed by atoms with E-state index in [-0.39, 0.29) is 18.1 Å². The van der Waals surface area contributed by atoms with E-state index >= 15 is 0 Å². The van der Waals surface area contributed by atoms with Crippen molar-refractivity contribution in [1.82, 2.24) is 15.3 Å². The van der Waals surface area contributed by atoms with Gasteiger partial charge in [0.15, 0.2) is 0 Å². The van der Waals surface area contributed by atoms with Crippen molar-refractivity contribution >= 4 is 5.91 Å². The van der Waals surface area contributed by atoms with Crippen molar-refractivity contribution in [2.45, 2.75) is 63.5 Å². The molecule has 1 aliphatic carbocycles. The number of amides is 1. The molecule has 0 aliphatic heterocycles. The molecule has 7 heteroatoms. The van der Waals surface area contributed by atoms with Crippen LogP contribution in [0.4, 0.5) is 0 Å². The molecule has 1 aromatic rings. The quantitative estimate of drug-likeness (QED) is 0.755. The molecule has 7 nitrogen and oxygen atoms in total. The normalized spacial score (nSPS) is 17.6. The minimum absolute atomic E-state index is 0.0663. The van der Waals surface area contributed by atoms with Crippen LogP contribution in [0.1, 0.15) is 58.2 Å². The van der Waals surface area contributed by atoms with Crippen LogP contribution in [0.5, 0.6) is 5.75 Å². The summed E-state index contributed by atoms with van der Waals surface area (Å²) in [5.74, 6) is 0.206. The Morgan fingerprint density at radius 1 is 1.43 bits per heavy atom. The molecule has 1 aliphatic rings. The first-order valence-electron chi connectivity index (χ1n) is 7.93. The zero-order valence-electron chi connectivity index (χ0n) is 13.9. The number of H-pyrrole nitrogens is 1. The van der Waals surface area contributed by atoms with Crippen molar-refractivity contribution in [2.75, 3.05) is 7.11 Å². The molecule has 128 valence electrons. The molecule has 0 radical (unpaired) electrons. The molecule has 0 unspecified atom stereocenters. The molecule has 1 heterocycles. The molecular weight excluding hydrogens is 298 g/mol. The zero-order chi connectivity index (χ0) is 17.1. The van der Waals surface area contributed by atoms with Gasteiger partial charge >= 0.3 is 0 Å². The Hall–Kier alpha value is -1.89. The van der Waals surface area contributed by atoms with Crippen molar-refractivity contribution < 1.29 is 14.6 Å². The Labute approximate surface area is 135 Å². The third kappa shape index (κ3) is 4.31. The Bertz CT molecular complexity index is 618. The van der Waals surface area contributed by atoms with Gasteiger partial charge in [-0.3, -0.25) is 9.59 Å². The number of ether oxygens (including phenoxy) is 1. The summed E-state index contributed by atoms with van der Waals surface area (Å²) in [7, 11) is 1.39. The van der Waals surface area contributed by atoms with Gasteiger partial charge < -0.3 is 20.1 Å². The van der Waals surface area contributed by atoms with E-state index in [9.17, 15) is 14.7 Å². The van der Waals surface area contributed by atoms with Gasteiger partial charge in [0.05, 0.1) is 30.9 Å². The fourth-order valence-corrected chi connectivity index (χ4v) is 2.98. The number of nitrogens with one attached hydrogen (secondary N) is 2. The third-order valence-corrected chi connectivity index (χ3v) is 4.30. The second kappa shape index (κ2) is 6.70. The molecule has 0 spiro atoms. The topological polar surface area (TPSA) is 104 Å². The fourth-order valence-electron chi connectivity index (χ4n) is 2.98. The molecule has 0 atom stereocenters. The Morgan fingerprint density at radius 3 is 2.65 bits per heavy atom. The minimum Gasteiger partial charge on any atom is -0.490 e. The maximum atomic E-state index is 12.3. The number of aliphatic hydroxyl groups is 1. The van der Waals surface area contributed by atoms with E-state index < -0.39 is 16.7 Å². The first-order valence-corrected chi connectivity index (χ1v) is 7.93. The average Bonchev–Trinajstić information content (AvgIpc) is 2.46. The molecule has 1 amide bonds. The largest absolute Gasteiger partial charge is 0.490 e. The molecule has 0 aromatic carbocycles.